The van der Waals surface area contributed by atoms with Gasteiger partial charge in [0.2, 0.25) is 5.78 Å². The molecule has 8 nitrogen and oxygen atoms in total. The summed E-state index contributed by atoms with van der Waals surface area (Å²) in [6.07, 6.45) is 1.62. The van der Waals surface area contributed by atoms with Crippen LogP contribution in [-0.4, -0.2) is 31.3 Å². The van der Waals surface area contributed by atoms with E-state index >= 15 is 0 Å². The number of nitrogens with zero attached hydrogens (tertiary/aromatic N) is 5. The van der Waals surface area contributed by atoms with Crippen LogP contribution < -0.4 is 15.0 Å². The lowest BCUT2D eigenvalue weighted by molar-refractivity contribution is 0.414. The summed E-state index contributed by atoms with van der Waals surface area (Å²) < 4.78 is 14.2. The molecule has 3 heterocycles. The van der Waals surface area contributed by atoms with E-state index in [1.54, 1.807) is 30.0 Å². The number of benzene rings is 2. The van der Waals surface area contributed by atoms with Gasteiger partial charge in [0.25, 0.3) is 5.56 Å². The molecule has 5 aromatic rings. The lowest BCUT2D eigenvalue weighted by Gasteiger charge is -2.10. The fraction of sp³-hybridized carbons (Fsp3) is 0.0909. The highest BCUT2D eigenvalue weighted by Gasteiger charge is 2.17. The number of para-hydroxylation sites is 1. The van der Waals surface area contributed by atoms with Crippen molar-refractivity contribution in [2.45, 2.75) is 6.54 Å². The average molecular weight is 399 g/mol. The van der Waals surface area contributed by atoms with Crippen LogP contribution in [0, 0.1) is 0 Å². The Bertz CT molecular complexity index is 1410. The van der Waals surface area contributed by atoms with E-state index in [1.807, 2.05) is 54.6 Å². The normalized spacial score (nSPS) is 11.1. The van der Waals surface area contributed by atoms with Gasteiger partial charge < -0.3 is 9.47 Å². The maximum atomic E-state index is 13.2. The minimum Gasteiger partial charge on any atom is -0.497 e. The Morgan fingerprint density at radius 3 is 2.63 bits per heavy atom. The molecule has 30 heavy (non-hydrogen) atoms. The quantitative estimate of drug-likeness (QED) is 0.451. The molecule has 3 aromatic heterocycles. The van der Waals surface area contributed by atoms with Crippen molar-refractivity contribution < 1.29 is 9.47 Å². The number of ether oxygens (including phenoxy) is 2. The van der Waals surface area contributed by atoms with Crippen LogP contribution in [0.25, 0.3) is 16.8 Å². The van der Waals surface area contributed by atoms with Crippen LogP contribution in [0.15, 0.2) is 77.7 Å². The van der Waals surface area contributed by atoms with Crippen LogP contribution in [0.1, 0.15) is 5.56 Å². The summed E-state index contributed by atoms with van der Waals surface area (Å²) in [6, 6.07) is 20.4. The molecule has 0 aliphatic rings. The first-order chi connectivity index (χ1) is 14.7. The van der Waals surface area contributed by atoms with Gasteiger partial charge in [-0.15, -0.1) is 5.10 Å². The average Bonchev–Trinajstić information content (AvgIpc) is 3.21. The first-order valence-corrected chi connectivity index (χ1v) is 9.33. The van der Waals surface area contributed by atoms with Gasteiger partial charge in [-0.3, -0.25) is 9.36 Å². The molecule has 0 N–H and O–H groups in total. The first kappa shape index (κ1) is 17.9. The van der Waals surface area contributed by atoms with Gasteiger partial charge in [-0.1, -0.05) is 30.3 Å². The lowest BCUT2D eigenvalue weighted by Crippen LogP contribution is -2.24. The summed E-state index contributed by atoms with van der Waals surface area (Å²) in [4.78, 5) is 22.1. The number of fused-ring (bicyclic) bond motifs is 3. The molecule has 0 radical (unpaired) electrons. The summed E-state index contributed by atoms with van der Waals surface area (Å²) >= 11 is 0. The SMILES string of the molecule is COc1cccc(Cn2c(=O)c3cccnc3n3nc(Oc4ccccc4)nc23)c1. The van der Waals surface area contributed by atoms with Gasteiger partial charge in [0, 0.05) is 6.20 Å². The molecular formula is C22H17N5O3. The molecule has 0 saturated heterocycles. The summed E-state index contributed by atoms with van der Waals surface area (Å²) in [6.45, 7) is 0.299. The fourth-order valence-corrected chi connectivity index (χ4v) is 3.30. The van der Waals surface area contributed by atoms with E-state index in [0.717, 1.165) is 5.56 Å². The Morgan fingerprint density at radius 2 is 1.80 bits per heavy atom. The van der Waals surface area contributed by atoms with Crippen molar-refractivity contribution in [1.29, 1.82) is 0 Å². The summed E-state index contributed by atoms with van der Waals surface area (Å²) in [5.41, 5.74) is 1.12. The Labute approximate surface area is 171 Å². The minimum atomic E-state index is -0.202. The molecule has 0 aliphatic heterocycles. The Balaban J connectivity index is 1.69. The van der Waals surface area contributed by atoms with Crippen LogP contribution in [0.2, 0.25) is 0 Å². The zero-order chi connectivity index (χ0) is 20.5. The van der Waals surface area contributed by atoms with E-state index in [0.29, 0.717) is 34.9 Å². The lowest BCUT2D eigenvalue weighted by atomic mass is 10.2. The second kappa shape index (κ2) is 7.32. The number of pyridine rings is 1. The third-order valence-electron chi connectivity index (χ3n) is 4.70. The predicted molar refractivity (Wildman–Crippen MR) is 111 cm³/mol. The maximum Gasteiger partial charge on any atom is 0.343 e. The first-order valence-electron chi connectivity index (χ1n) is 9.33. The predicted octanol–water partition coefficient (Wildman–Crippen LogP) is 3.29. The summed E-state index contributed by atoms with van der Waals surface area (Å²) in [5.74, 6) is 1.67. The van der Waals surface area contributed by atoms with E-state index < -0.39 is 0 Å². The van der Waals surface area contributed by atoms with Crippen LogP contribution in [0.4, 0.5) is 0 Å². The smallest absolute Gasteiger partial charge is 0.343 e. The molecule has 0 spiro atoms. The molecule has 0 fully saturated rings. The van der Waals surface area contributed by atoms with Crippen molar-refractivity contribution in [1.82, 2.24) is 24.1 Å². The largest absolute Gasteiger partial charge is 0.497 e. The van der Waals surface area contributed by atoms with Crippen LogP contribution in [0.3, 0.4) is 0 Å². The van der Waals surface area contributed by atoms with E-state index in [4.69, 9.17) is 9.47 Å². The Morgan fingerprint density at radius 1 is 0.967 bits per heavy atom. The second-order valence-corrected chi connectivity index (χ2v) is 6.64. The molecule has 0 bridgehead atoms. The molecular weight excluding hydrogens is 382 g/mol. The van der Waals surface area contributed by atoms with E-state index in [2.05, 4.69) is 15.1 Å². The van der Waals surface area contributed by atoms with E-state index in [-0.39, 0.29) is 11.6 Å². The van der Waals surface area contributed by atoms with Crippen molar-refractivity contribution in [2.75, 3.05) is 7.11 Å². The van der Waals surface area contributed by atoms with Crippen molar-refractivity contribution in [3.8, 4) is 17.5 Å². The third-order valence-corrected chi connectivity index (χ3v) is 4.70. The number of methoxy groups -OCH3 is 1. The van der Waals surface area contributed by atoms with Gasteiger partial charge in [0.15, 0.2) is 5.65 Å². The second-order valence-electron chi connectivity index (χ2n) is 6.64. The molecule has 0 saturated carbocycles. The van der Waals surface area contributed by atoms with Crippen molar-refractivity contribution in [2.24, 2.45) is 0 Å². The van der Waals surface area contributed by atoms with Gasteiger partial charge in [-0.05, 0) is 42.0 Å². The standard InChI is InChI=1S/C22H17N5O3/c1-29-17-10-5-7-15(13-17)14-26-20(28)18-11-6-12-23-19(18)27-22(26)24-21(25-27)30-16-8-3-2-4-9-16/h2-13H,14H2,1H3. The molecule has 0 aliphatic carbocycles. The monoisotopic (exact) mass is 399 g/mol. The van der Waals surface area contributed by atoms with Gasteiger partial charge in [0.1, 0.15) is 11.5 Å². The van der Waals surface area contributed by atoms with Crippen LogP contribution >= 0.6 is 0 Å². The maximum absolute atomic E-state index is 13.2. The topological polar surface area (TPSA) is 83.5 Å². The molecule has 0 amide bonds. The highest BCUT2D eigenvalue weighted by Crippen LogP contribution is 2.20. The van der Waals surface area contributed by atoms with Gasteiger partial charge in [-0.25, -0.2) is 4.98 Å². The minimum absolute atomic E-state index is 0.137. The number of aromatic nitrogens is 5. The number of rotatable bonds is 5. The van der Waals surface area contributed by atoms with Crippen molar-refractivity contribution in [3.05, 3.63) is 88.8 Å². The summed E-state index contributed by atoms with van der Waals surface area (Å²) in [5, 5.41) is 4.90. The fourth-order valence-electron chi connectivity index (χ4n) is 3.30. The van der Waals surface area contributed by atoms with E-state index in [9.17, 15) is 4.79 Å². The molecule has 8 heteroatoms. The number of hydrogen-bond acceptors (Lipinski definition) is 6. The zero-order valence-electron chi connectivity index (χ0n) is 16.1. The highest BCUT2D eigenvalue weighted by atomic mass is 16.5. The molecule has 2 aromatic carbocycles. The molecule has 148 valence electrons. The highest BCUT2D eigenvalue weighted by molar-refractivity contribution is 5.75. The van der Waals surface area contributed by atoms with Crippen LogP contribution in [0.5, 0.6) is 17.5 Å². The van der Waals surface area contributed by atoms with Crippen LogP contribution in [-0.2, 0) is 6.54 Å². The molecule has 0 atom stereocenters. The number of hydrogen-bond donors (Lipinski definition) is 0. The summed E-state index contributed by atoms with van der Waals surface area (Å²) in [7, 11) is 1.61. The molecule has 0 unspecified atom stereocenters. The van der Waals surface area contributed by atoms with Gasteiger partial charge in [-0.2, -0.15) is 9.50 Å². The van der Waals surface area contributed by atoms with E-state index in [1.165, 1.54) is 4.52 Å². The van der Waals surface area contributed by atoms with Gasteiger partial charge >= 0.3 is 6.01 Å². The zero-order valence-corrected chi connectivity index (χ0v) is 16.1. The van der Waals surface area contributed by atoms with Crippen molar-refractivity contribution >= 4 is 16.8 Å². The Hall–Kier alpha value is -4.20. The van der Waals surface area contributed by atoms with Gasteiger partial charge in [0.05, 0.1) is 19.0 Å². The third kappa shape index (κ3) is 3.14. The van der Waals surface area contributed by atoms with Crippen molar-refractivity contribution in [3.63, 3.8) is 0 Å². The molecule has 5 rings (SSSR count). The Kier molecular flexibility index (Phi) is 4.36.